The van der Waals surface area contributed by atoms with Crippen LogP contribution in [0.3, 0.4) is 0 Å². The summed E-state index contributed by atoms with van der Waals surface area (Å²) >= 11 is 0. The smallest absolute Gasteiger partial charge is 0.0494 e. The van der Waals surface area contributed by atoms with Crippen molar-refractivity contribution >= 4 is 0 Å². The van der Waals surface area contributed by atoms with Crippen molar-refractivity contribution in [1.29, 1.82) is 0 Å². The molecule has 0 N–H and O–H groups in total. The van der Waals surface area contributed by atoms with Gasteiger partial charge in [-0.2, -0.15) is 0 Å². The van der Waals surface area contributed by atoms with E-state index in [4.69, 9.17) is 4.74 Å². The van der Waals surface area contributed by atoms with Crippen molar-refractivity contribution < 1.29 is 4.74 Å². The maximum atomic E-state index is 5.90. The van der Waals surface area contributed by atoms with Crippen molar-refractivity contribution in [3.63, 3.8) is 0 Å². The van der Waals surface area contributed by atoms with Crippen molar-refractivity contribution in [2.45, 2.75) is 97.3 Å². The summed E-state index contributed by atoms with van der Waals surface area (Å²) in [7, 11) is 0. The minimum absolute atomic E-state index is 0.870. The normalized spacial score (nSPS) is 33.0. The molecule has 1 heteroatoms. The van der Waals surface area contributed by atoms with Gasteiger partial charge in [0.15, 0.2) is 0 Å². The second kappa shape index (κ2) is 10.7. The average molecular weight is 309 g/mol. The minimum Gasteiger partial charge on any atom is -0.381 e. The topological polar surface area (TPSA) is 9.23 Å². The van der Waals surface area contributed by atoms with Crippen LogP contribution in [0, 0.1) is 23.7 Å². The number of ether oxygens (including phenoxy) is 1. The van der Waals surface area contributed by atoms with Crippen LogP contribution in [0.25, 0.3) is 0 Å². The Labute approximate surface area is 139 Å². The quantitative estimate of drug-likeness (QED) is 0.436. The number of hydrogen-bond donors (Lipinski definition) is 0. The number of hydrogen-bond acceptors (Lipinski definition) is 1. The van der Waals surface area contributed by atoms with Crippen molar-refractivity contribution in [3.8, 4) is 0 Å². The Bertz CT molecular complexity index is 259. The molecule has 0 unspecified atom stereocenters. The lowest BCUT2D eigenvalue weighted by Crippen LogP contribution is -2.27. The van der Waals surface area contributed by atoms with E-state index in [-0.39, 0.29) is 0 Å². The summed E-state index contributed by atoms with van der Waals surface area (Å²) in [6.07, 6.45) is 18.7. The molecule has 2 saturated carbocycles. The maximum Gasteiger partial charge on any atom is 0.0494 e. The Morgan fingerprint density at radius 1 is 0.682 bits per heavy atom. The van der Waals surface area contributed by atoms with Crippen LogP contribution >= 0.6 is 0 Å². The predicted octanol–water partition coefficient (Wildman–Crippen LogP) is 6.61. The van der Waals surface area contributed by atoms with Crippen LogP contribution < -0.4 is 0 Å². The van der Waals surface area contributed by atoms with E-state index in [0.29, 0.717) is 0 Å². The predicted molar refractivity (Wildman–Crippen MR) is 96.1 cm³/mol. The summed E-state index contributed by atoms with van der Waals surface area (Å²) in [5.41, 5.74) is 0. The van der Waals surface area contributed by atoms with Gasteiger partial charge in [-0.05, 0) is 68.6 Å². The minimum atomic E-state index is 0.870. The lowest BCUT2D eigenvalue weighted by Gasteiger charge is -2.37. The highest BCUT2D eigenvalue weighted by Gasteiger charge is 2.30. The van der Waals surface area contributed by atoms with Crippen LogP contribution in [0.5, 0.6) is 0 Å². The molecule has 0 amide bonds. The van der Waals surface area contributed by atoms with Crippen LogP contribution in [0.15, 0.2) is 0 Å². The maximum absolute atomic E-state index is 5.90. The largest absolute Gasteiger partial charge is 0.381 e. The van der Waals surface area contributed by atoms with Crippen molar-refractivity contribution in [3.05, 3.63) is 0 Å². The molecule has 0 saturated heterocycles. The lowest BCUT2D eigenvalue weighted by atomic mass is 9.69. The fourth-order valence-corrected chi connectivity index (χ4v) is 4.89. The lowest BCUT2D eigenvalue weighted by molar-refractivity contribution is 0.0628. The Kier molecular flexibility index (Phi) is 8.89. The molecule has 130 valence electrons. The highest BCUT2D eigenvalue weighted by atomic mass is 16.5. The van der Waals surface area contributed by atoms with Gasteiger partial charge >= 0.3 is 0 Å². The number of unbranched alkanes of at least 4 members (excludes halogenated alkanes) is 2. The van der Waals surface area contributed by atoms with Crippen LogP contribution in [0.4, 0.5) is 0 Å². The third kappa shape index (κ3) is 6.22. The van der Waals surface area contributed by atoms with E-state index in [1.165, 1.54) is 83.5 Å². The van der Waals surface area contributed by atoms with Gasteiger partial charge in [0.05, 0.1) is 0 Å². The molecule has 0 aromatic heterocycles. The third-order valence-electron chi connectivity index (χ3n) is 6.39. The van der Waals surface area contributed by atoms with E-state index in [2.05, 4.69) is 13.8 Å². The third-order valence-corrected chi connectivity index (χ3v) is 6.39. The van der Waals surface area contributed by atoms with Crippen molar-refractivity contribution in [2.75, 3.05) is 13.2 Å². The highest BCUT2D eigenvalue weighted by Crippen LogP contribution is 2.42. The summed E-state index contributed by atoms with van der Waals surface area (Å²) < 4.78 is 5.90. The van der Waals surface area contributed by atoms with Crippen LogP contribution in [-0.2, 0) is 4.74 Å². The fourth-order valence-electron chi connectivity index (χ4n) is 4.89. The molecule has 22 heavy (non-hydrogen) atoms. The van der Waals surface area contributed by atoms with Crippen LogP contribution in [0.1, 0.15) is 97.3 Å². The second-order valence-corrected chi connectivity index (χ2v) is 8.13. The van der Waals surface area contributed by atoms with Crippen molar-refractivity contribution in [1.82, 2.24) is 0 Å². The summed E-state index contributed by atoms with van der Waals surface area (Å²) in [6, 6.07) is 0. The van der Waals surface area contributed by atoms with Crippen molar-refractivity contribution in [2.24, 2.45) is 23.7 Å². The van der Waals surface area contributed by atoms with Crippen LogP contribution in [-0.4, -0.2) is 13.2 Å². The van der Waals surface area contributed by atoms with E-state index in [9.17, 15) is 0 Å². The SMILES string of the molecule is CCCCCOCC1CCC(C2CCC(CCC)CC2)CC1. The first-order valence-corrected chi connectivity index (χ1v) is 10.4. The number of rotatable bonds is 9. The van der Waals surface area contributed by atoms with E-state index in [1.807, 2.05) is 0 Å². The van der Waals surface area contributed by atoms with E-state index >= 15 is 0 Å². The summed E-state index contributed by atoms with van der Waals surface area (Å²) in [4.78, 5) is 0. The molecule has 2 aliphatic rings. The molecule has 0 spiro atoms. The van der Waals surface area contributed by atoms with E-state index < -0.39 is 0 Å². The summed E-state index contributed by atoms with van der Waals surface area (Å²) in [5, 5.41) is 0. The Morgan fingerprint density at radius 2 is 1.27 bits per heavy atom. The Morgan fingerprint density at radius 3 is 1.82 bits per heavy atom. The standard InChI is InChI=1S/C21H40O/c1-3-5-6-16-22-17-19-10-14-21(15-11-19)20-12-8-18(7-4-2)9-13-20/h18-21H,3-17H2,1-2H3. The zero-order valence-electron chi connectivity index (χ0n) is 15.3. The van der Waals surface area contributed by atoms with Gasteiger partial charge in [0.2, 0.25) is 0 Å². The van der Waals surface area contributed by atoms with E-state index in [0.717, 1.165) is 36.9 Å². The van der Waals surface area contributed by atoms with Gasteiger partial charge in [-0.3, -0.25) is 0 Å². The monoisotopic (exact) mass is 308 g/mol. The molecule has 0 radical (unpaired) electrons. The molecular formula is C21H40O. The van der Waals surface area contributed by atoms with Gasteiger partial charge < -0.3 is 4.74 Å². The summed E-state index contributed by atoms with van der Waals surface area (Å²) in [5.74, 6) is 4.06. The first kappa shape index (κ1) is 18.3. The Balaban J connectivity index is 1.55. The first-order chi connectivity index (χ1) is 10.8. The summed E-state index contributed by atoms with van der Waals surface area (Å²) in [6.45, 7) is 6.64. The van der Waals surface area contributed by atoms with Gasteiger partial charge in [0.25, 0.3) is 0 Å². The van der Waals surface area contributed by atoms with Crippen LogP contribution in [0.2, 0.25) is 0 Å². The molecule has 0 atom stereocenters. The molecular weight excluding hydrogens is 268 g/mol. The molecule has 0 aromatic carbocycles. The Hall–Kier alpha value is -0.0400. The molecule has 0 heterocycles. The molecule has 2 aliphatic carbocycles. The zero-order valence-corrected chi connectivity index (χ0v) is 15.3. The van der Waals surface area contributed by atoms with Gasteiger partial charge in [-0.1, -0.05) is 52.4 Å². The molecule has 2 fully saturated rings. The molecule has 1 nitrogen and oxygen atoms in total. The highest BCUT2D eigenvalue weighted by molar-refractivity contribution is 4.82. The molecule has 0 aromatic rings. The van der Waals surface area contributed by atoms with Gasteiger partial charge in [-0.25, -0.2) is 0 Å². The fraction of sp³-hybridized carbons (Fsp3) is 1.00. The first-order valence-electron chi connectivity index (χ1n) is 10.4. The van der Waals surface area contributed by atoms with E-state index in [1.54, 1.807) is 0 Å². The molecule has 0 bridgehead atoms. The van der Waals surface area contributed by atoms with Gasteiger partial charge in [0.1, 0.15) is 0 Å². The average Bonchev–Trinajstić information content (AvgIpc) is 2.56. The van der Waals surface area contributed by atoms with Gasteiger partial charge in [0, 0.05) is 13.2 Å². The van der Waals surface area contributed by atoms with Gasteiger partial charge in [-0.15, -0.1) is 0 Å². The molecule has 0 aliphatic heterocycles. The zero-order chi connectivity index (χ0) is 15.6. The second-order valence-electron chi connectivity index (χ2n) is 8.13. The molecule has 2 rings (SSSR count).